The monoisotopic (exact) mass is 398 g/mol. The van der Waals surface area contributed by atoms with Gasteiger partial charge in [0.05, 0.1) is 24.5 Å². The minimum Gasteiger partial charge on any atom is -0.323 e. The molecule has 0 radical (unpaired) electrons. The van der Waals surface area contributed by atoms with Gasteiger partial charge in [0.1, 0.15) is 5.82 Å². The highest BCUT2D eigenvalue weighted by molar-refractivity contribution is 5.92. The van der Waals surface area contributed by atoms with Gasteiger partial charge in [-0.05, 0) is 47.9 Å². The second-order valence-electron chi connectivity index (χ2n) is 6.91. The molecule has 6 heteroatoms. The van der Waals surface area contributed by atoms with Crippen LogP contribution in [-0.2, 0) is 11.2 Å². The quantitative estimate of drug-likeness (QED) is 0.523. The lowest BCUT2D eigenvalue weighted by Crippen LogP contribution is -2.14. The number of aromatic nitrogens is 3. The van der Waals surface area contributed by atoms with E-state index in [2.05, 4.69) is 20.3 Å². The van der Waals surface area contributed by atoms with Gasteiger partial charge < -0.3 is 5.32 Å². The van der Waals surface area contributed by atoms with Gasteiger partial charge >= 0.3 is 0 Å². The summed E-state index contributed by atoms with van der Waals surface area (Å²) in [4.78, 5) is 25.0. The van der Waals surface area contributed by atoms with Gasteiger partial charge in [-0.3, -0.25) is 9.78 Å². The molecule has 0 unspecified atom stereocenters. The molecule has 0 aliphatic rings. The third-order valence-corrected chi connectivity index (χ3v) is 4.57. The summed E-state index contributed by atoms with van der Waals surface area (Å²) in [6, 6.07) is 17.9. The lowest BCUT2D eigenvalue weighted by Gasteiger charge is -2.07. The predicted octanol–water partition coefficient (Wildman–Crippen LogP) is 4.83. The molecule has 2 aromatic heterocycles. The van der Waals surface area contributed by atoms with Crippen LogP contribution in [0.25, 0.3) is 22.5 Å². The molecule has 2 aromatic carbocycles. The van der Waals surface area contributed by atoms with Gasteiger partial charge in [-0.15, -0.1) is 0 Å². The first-order valence-corrected chi connectivity index (χ1v) is 9.47. The third-order valence-electron chi connectivity index (χ3n) is 4.57. The van der Waals surface area contributed by atoms with Gasteiger partial charge in [-0.2, -0.15) is 0 Å². The number of hydrogen-bond acceptors (Lipinski definition) is 4. The second kappa shape index (κ2) is 8.61. The normalized spacial score (nSPS) is 10.6. The van der Waals surface area contributed by atoms with Gasteiger partial charge in [0, 0.05) is 17.5 Å². The lowest BCUT2D eigenvalue weighted by molar-refractivity contribution is -0.115. The topological polar surface area (TPSA) is 67.8 Å². The number of halogens is 1. The van der Waals surface area contributed by atoms with Crippen LogP contribution in [0.2, 0.25) is 0 Å². The van der Waals surface area contributed by atoms with Gasteiger partial charge in [0.2, 0.25) is 5.91 Å². The van der Waals surface area contributed by atoms with Crippen molar-refractivity contribution < 1.29 is 9.18 Å². The van der Waals surface area contributed by atoms with E-state index >= 15 is 0 Å². The number of nitrogens with zero attached hydrogens (tertiary/aromatic N) is 3. The van der Waals surface area contributed by atoms with Crippen molar-refractivity contribution in [2.45, 2.75) is 13.3 Å². The Kier molecular flexibility index (Phi) is 5.57. The molecule has 0 spiro atoms. The molecule has 0 atom stereocenters. The van der Waals surface area contributed by atoms with Gasteiger partial charge in [0.15, 0.2) is 5.82 Å². The lowest BCUT2D eigenvalue weighted by atomic mass is 10.0. The van der Waals surface area contributed by atoms with Crippen LogP contribution in [0.5, 0.6) is 0 Å². The molecule has 0 fully saturated rings. The number of nitrogens with one attached hydrogen (secondary N) is 1. The summed E-state index contributed by atoms with van der Waals surface area (Å²) < 4.78 is 13.3. The Morgan fingerprint density at radius 2 is 1.67 bits per heavy atom. The maximum absolute atomic E-state index is 13.3. The number of carbonyl (C=O) groups is 1. The average Bonchev–Trinajstić information content (AvgIpc) is 2.75. The standard InChI is InChI=1S/C24H19FN4O/c1-16-11-19(9-10-26-16)18-7-5-17(6-8-18)12-23(30)29-22-14-27-24(28-15-22)20-3-2-4-21(25)13-20/h2-11,13-15H,12H2,1H3,(H,29,30). The van der Waals surface area contributed by atoms with Crippen LogP contribution < -0.4 is 5.32 Å². The molecule has 30 heavy (non-hydrogen) atoms. The molecule has 0 aliphatic heterocycles. The van der Waals surface area contributed by atoms with E-state index in [0.717, 1.165) is 22.4 Å². The Hall–Kier alpha value is -3.93. The Balaban J connectivity index is 1.38. The summed E-state index contributed by atoms with van der Waals surface area (Å²) in [7, 11) is 0. The van der Waals surface area contributed by atoms with Crippen molar-refractivity contribution >= 4 is 11.6 Å². The largest absolute Gasteiger partial charge is 0.323 e. The van der Waals surface area contributed by atoms with Crippen molar-refractivity contribution in [3.8, 4) is 22.5 Å². The molecule has 4 rings (SSSR count). The number of rotatable bonds is 5. The molecule has 5 nitrogen and oxygen atoms in total. The summed E-state index contributed by atoms with van der Waals surface area (Å²) in [6.45, 7) is 1.95. The zero-order valence-electron chi connectivity index (χ0n) is 16.3. The minimum absolute atomic E-state index is 0.162. The van der Waals surface area contributed by atoms with Crippen LogP contribution in [-0.4, -0.2) is 20.9 Å². The zero-order chi connectivity index (χ0) is 20.9. The van der Waals surface area contributed by atoms with E-state index in [0.29, 0.717) is 17.1 Å². The van der Waals surface area contributed by atoms with E-state index in [9.17, 15) is 9.18 Å². The number of pyridine rings is 1. The Morgan fingerprint density at radius 3 is 2.37 bits per heavy atom. The Bertz CT molecular complexity index is 1080. The smallest absolute Gasteiger partial charge is 0.228 e. The minimum atomic E-state index is -0.349. The first kappa shape index (κ1) is 19.4. The average molecular weight is 398 g/mol. The first-order chi connectivity index (χ1) is 14.6. The Labute approximate surface area is 173 Å². The molecular formula is C24H19FN4O. The van der Waals surface area contributed by atoms with Crippen LogP contribution in [0, 0.1) is 12.7 Å². The van der Waals surface area contributed by atoms with Crippen LogP contribution in [0.15, 0.2) is 79.3 Å². The highest BCUT2D eigenvalue weighted by Gasteiger charge is 2.07. The van der Waals surface area contributed by atoms with Gasteiger partial charge in [-0.25, -0.2) is 14.4 Å². The molecule has 0 saturated heterocycles. The number of hydrogen-bond donors (Lipinski definition) is 1. The molecule has 2 heterocycles. The van der Waals surface area contributed by atoms with Crippen LogP contribution in [0.4, 0.5) is 10.1 Å². The molecule has 1 amide bonds. The molecule has 1 N–H and O–H groups in total. The molecule has 148 valence electrons. The molecular weight excluding hydrogens is 379 g/mol. The van der Waals surface area contributed by atoms with E-state index < -0.39 is 0 Å². The van der Waals surface area contributed by atoms with Crippen molar-refractivity contribution in [3.05, 3.63) is 96.3 Å². The first-order valence-electron chi connectivity index (χ1n) is 9.47. The van der Waals surface area contributed by atoms with Crippen molar-refractivity contribution in [2.75, 3.05) is 5.32 Å². The Morgan fingerprint density at radius 1 is 0.900 bits per heavy atom. The summed E-state index contributed by atoms with van der Waals surface area (Å²) in [5, 5.41) is 2.79. The van der Waals surface area contributed by atoms with Crippen LogP contribution >= 0.6 is 0 Å². The SMILES string of the molecule is Cc1cc(-c2ccc(CC(=O)Nc3cnc(-c4cccc(F)c4)nc3)cc2)ccn1. The molecule has 0 aliphatic carbocycles. The summed E-state index contributed by atoms with van der Waals surface area (Å²) >= 11 is 0. The maximum atomic E-state index is 13.3. The number of aryl methyl sites for hydroxylation is 1. The number of anilines is 1. The number of amides is 1. The predicted molar refractivity (Wildman–Crippen MR) is 114 cm³/mol. The van der Waals surface area contributed by atoms with E-state index in [1.807, 2.05) is 43.3 Å². The van der Waals surface area contributed by atoms with Crippen molar-refractivity contribution in [1.29, 1.82) is 0 Å². The second-order valence-corrected chi connectivity index (χ2v) is 6.91. The summed E-state index contributed by atoms with van der Waals surface area (Å²) in [6.07, 6.45) is 5.05. The van der Waals surface area contributed by atoms with E-state index in [1.54, 1.807) is 18.3 Å². The summed E-state index contributed by atoms with van der Waals surface area (Å²) in [5.74, 6) is -0.113. The number of benzene rings is 2. The fraction of sp³-hybridized carbons (Fsp3) is 0.0833. The third kappa shape index (κ3) is 4.72. The van der Waals surface area contributed by atoms with Crippen LogP contribution in [0.3, 0.4) is 0 Å². The number of carbonyl (C=O) groups excluding carboxylic acids is 1. The van der Waals surface area contributed by atoms with Crippen molar-refractivity contribution in [2.24, 2.45) is 0 Å². The fourth-order valence-corrected chi connectivity index (χ4v) is 3.10. The fourth-order valence-electron chi connectivity index (χ4n) is 3.10. The molecule has 4 aromatic rings. The highest BCUT2D eigenvalue weighted by atomic mass is 19.1. The maximum Gasteiger partial charge on any atom is 0.228 e. The van der Waals surface area contributed by atoms with E-state index in [1.165, 1.54) is 24.5 Å². The van der Waals surface area contributed by atoms with Gasteiger partial charge in [-0.1, -0.05) is 36.4 Å². The van der Waals surface area contributed by atoms with Crippen molar-refractivity contribution in [1.82, 2.24) is 15.0 Å². The molecule has 0 saturated carbocycles. The van der Waals surface area contributed by atoms with Crippen LogP contribution in [0.1, 0.15) is 11.3 Å². The summed E-state index contributed by atoms with van der Waals surface area (Å²) in [5.41, 5.74) is 5.10. The van der Waals surface area contributed by atoms with E-state index in [4.69, 9.17) is 0 Å². The van der Waals surface area contributed by atoms with Crippen molar-refractivity contribution in [3.63, 3.8) is 0 Å². The highest BCUT2D eigenvalue weighted by Crippen LogP contribution is 2.20. The van der Waals surface area contributed by atoms with E-state index in [-0.39, 0.29) is 18.1 Å². The molecule has 0 bridgehead atoms. The zero-order valence-corrected chi connectivity index (χ0v) is 16.3. The van der Waals surface area contributed by atoms with Gasteiger partial charge in [0.25, 0.3) is 0 Å².